The SMILES string of the molecule is CC1(C)c2cc3ccccc3cc2-c2c1ccc1c3ccccc3n(-c3nccc(-c4ccc(-c5ccccc5)cc4)n3)c21. The maximum atomic E-state index is 5.21. The van der Waals surface area contributed by atoms with Crippen molar-refractivity contribution in [2.75, 3.05) is 0 Å². The molecule has 0 N–H and O–H groups in total. The monoisotopic (exact) mass is 563 g/mol. The molecule has 208 valence electrons. The highest BCUT2D eigenvalue weighted by Crippen LogP contribution is 2.53. The van der Waals surface area contributed by atoms with E-state index in [0.717, 1.165) is 16.8 Å². The maximum Gasteiger partial charge on any atom is 0.235 e. The molecule has 8 aromatic rings. The van der Waals surface area contributed by atoms with Gasteiger partial charge in [0.25, 0.3) is 0 Å². The van der Waals surface area contributed by atoms with Crippen LogP contribution in [0.5, 0.6) is 0 Å². The van der Waals surface area contributed by atoms with Gasteiger partial charge >= 0.3 is 0 Å². The van der Waals surface area contributed by atoms with Crippen molar-refractivity contribution in [3.05, 3.63) is 151 Å². The van der Waals surface area contributed by atoms with Crippen molar-refractivity contribution in [3.63, 3.8) is 0 Å². The van der Waals surface area contributed by atoms with Crippen molar-refractivity contribution in [2.45, 2.75) is 19.3 Å². The molecule has 6 aromatic carbocycles. The number of aromatic nitrogens is 3. The molecule has 0 radical (unpaired) electrons. The van der Waals surface area contributed by atoms with E-state index in [0.29, 0.717) is 5.95 Å². The molecule has 3 nitrogen and oxygen atoms in total. The predicted octanol–water partition coefficient (Wildman–Crippen LogP) is 10.4. The summed E-state index contributed by atoms with van der Waals surface area (Å²) in [6.45, 7) is 4.70. The average Bonchev–Trinajstić information content (AvgIpc) is 3.53. The Bertz CT molecular complexity index is 2400. The molecule has 1 aliphatic rings. The van der Waals surface area contributed by atoms with Crippen molar-refractivity contribution < 1.29 is 0 Å². The Kier molecular flexibility index (Phi) is 5.24. The Hall–Kier alpha value is -5.54. The third-order valence-corrected chi connectivity index (χ3v) is 9.47. The number of fused-ring (bicyclic) bond motifs is 8. The molecule has 9 rings (SSSR count). The Morgan fingerprint density at radius 2 is 1.25 bits per heavy atom. The number of hydrogen-bond donors (Lipinski definition) is 0. The molecule has 0 atom stereocenters. The van der Waals surface area contributed by atoms with Gasteiger partial charge in [-0.1, -0.05) is 123 Å². The normalized spacial score (nSPS) is 13.4. The summed E-state index contributed by atoms with van der Waals surface area (Å²) in [6.07, 6.45) is 1.89. The van der Waals surface area contributed by atoms with E-state index in [-0.39, 0.29) is 5.41 Å². The van der Waals surface area contributed by atoms with Crippen LogP contribution in [0.2, 0.25) is 0 Å². The fourth-order valence-electron chi connectivity index (χ4n) is 7.25. The highest BCUT2D eigenvalue weighted by atomic mass is 15.2. The van der Waals surface area contributed by atoms with Gasteiger partial charge in [-0.3, -0.25) is 4.57 Å². The lowest BCUT2D eigenvalue weighted by atomic mass is 9.82. The van der Waals surface area contributed by atoms with Crippen LogP contribution in [0.15, 0.2) is 140 Å². The van der Waals surface area contributed by atoms with Gasteiger partial charge in [-0.05, 0) is 62.9 Å². The molecule has 0 bridgehead atoms. The van der Waals surface area contributed by atoms with Crippen molar-refractivity contribution in [2.24, 2.45) is 0 Å². The first-order chi connectivity index (χ1) is 21.6. The first kappa shape index (κ1) is 25.0. The van der Waals surface area contributed by atoms with Gasteiger partial charge in [-0.25, -0.2) is 9.97 Å². The van der Waals surface area contributed by atoms with Crippen molar-refractivity contribution in [1.29, 1.82) is 0 Å². The molecule has 0 saturated carbocycles. The standard InChI is InChI=1S/C41H29N3/c1-41(2)34-21-20-32-31-14-8-9-15-37(31)44(39(32)38(34)33-24-29-12-6-7-13-30(29)25-35(33)41)40-42-23-22-36(43-40)28-18-16-27(17-19-28)26-10-4-3-5-11-26/h3-25H,1-2H3. The van der Waals surface area contributed by atoms with Gasteiger partial charge in [0.15, 0.2) is 0 Å². The lowest BCUT2D eigenvalue weighted by Gasteiger charge is -2.21. The van der Waals surface area contributed by atoms with Crippen LogP contribution >= 0.6 is 0 Å². The summed E-state index contributed by atoms with van der Waals surface area (Å²) in [7, 11) is 0. The molecule has 0 unspecified atom stereocenters. The molecule has 0 aliphatic heterocycles. The first-order valence-corrected chi connectivity index (χ1v) is 15.2. The highest BCUT2D eigenvalue weighted by molar-refractivity contribution is 6.16. The molecule has 44 heavy (non-hydrogen) atoms. The fraction of sp³-hybridized carbons (Fsp3) is 0.0732. The molecular formula is C41H29N3. The highest BCUT2D eigenvalue weighted by Gasteiger charge is 2.38. The van der Waals surface area contributed by atoms with Gasteiger partial charge in [0.05, 0.1) is 16.7 Å². The second-order valence-electron chi connectivity index (χ2n) is 12.3. The largest absolute Gasteiger partial charge is 0.277 e. The van der Waals surface area contributed by atoms with Crippen LogP contribution in [0.25, 0.3) is 72.0 Å². The molecule has 1 aliphatic carbocycles. The number of nitrogens with zero attached hydrogens (tertiary/aromatic N) is 3. The first-order valence-electron chi connectivity index (χ1n) is 15.2. The molecule has 0 fully saturated rings. The summed E-state index contributed by atoms with van der Waals surface area (Å²) in [5.41, 5.74) is 11.8. The summed E-state index contributed by atoms with van der Waals surface area (Å²) < 4.78 is 2.28. The van der Waals surface area contributed by atoms with Gasteiger partial charge in [0.1, 0.15) is 0 Å². The molecular weight excluding hydrogens is 534 g/mol. The summed E-state index contributed by atoms with van der Waals surface area (Å²) in [6, 6.07) is 47.8. The van der Waals surface area contributed by atoms with E-state index in [9.17, 15) is 0 Å². The molecule has 0 saturated heterocycles. The fourth-order valence-corrected chi connectivity index (χ4v) is 7.25. The topological polar surface area (TPSA) is 30.7 Å². The minimum atomic E-state index is -0.132. The van der Waals surface area contributed by atoms with Crippen molar-refractivity contribution >= 4 is 32.6 Å². The van der Waals surface area contributed by atoms with Crippen LogP contribution in [0.1, 0.15) is 25.0 Å². The zero-order valence-electron chi connectivity index (χ0n) is 24.6. The molecule has 2 aromatic heterocycles. The van der Waals surface area contributed by atoms with E-state index in [1.807, 2.05) is 18.3 Å². The van der Waals surface area contributed by atoms with Gasteiger partial charge in [-0.15, -0.1) is 0 Å². The van der Waals surface area contributed by atoms with Crippen LogP contribution in [0, 0.1) is 0 Å². The van der Waals surface area contributed by atoms with E-state index >= 15 is 0 Å². The second kappa shape index (κ2) is 9.23. The summed E-state index contributed by atoms with van der Waals surface area (Å²) in [4.78, 5) is 10.1. The van der Waals surface area contributed by atoms with Crippen LogP contribution in [-0.2, 0) is 5.41 Å². The maximum absolute atomic E-state index is 5.21. The minimum Gasteiger partial charge on any atom is -0.277 e. The van der Waals surface area contributed by atoms with Crippen LogP contribution < -0.4 is 0 Å². The number of rotatable bonds is 3. The summed E-state index contributed by atoms with van der Waals surface area (Å²) in [5.74, 6) is 0.682. The van der Waals surface area contributed by atoms with Gasteiger partial charge < -0.3 is 0 Å². The van der Waals surface area contributed by atoms with Gasteiger partial charge in [-0.2, -0.15) is 0 Å². The average molecular weight is 564 g/mol. The quantitative estimate of drug-likeness (QED) is 0.214. The Balaban J connectivity index is 1.29. The zero-order chi connectivity index (χ0) is 29.4. The zero-order valence-corrected chi connectivity index (χ0v) is 24.6. The molecule has 2 heterocycles. The van der Waals surface area contributed by atoms with E-state index < -0.39 is 0 Å². The lowest BCUT2D eigenvalue weighted by molar-refractivity contribution is 0.661. The third kappa shape index (κ3) is 3.56. The van der Waals surface area contributed by atoms with Crippen molar-refractivity contribution in [1.82, 2.24) is 14.5 Å². The molecule has 3 heteroatoms. The third-order valence-electron chi connectivity index (χ3n) is 9.47. The summed E-state index contributed by atoms with van der Waals surface area (Å²) >= 11 is 0. The van der Waals surface area contributed by atoms with Crippen LogP contribution in [0.3, 0.4) is 0 Å². The van der Waals surface area contributed by atoms with E-state index in [1.165, 1.54) is 60.4 Å². The number of hydrogen-bond acceptors (Lipinski definition) is 2. The van der Waals surface area contributed by atoms with Crippen LogP contribution in [-0.4, -0.2) is 14.5 Å². The van der Waals surface area contributed by atoms with E-state index in [4.69, 9.17) is 9.97 Å². The second-order valence-corrected chi connectivity index (χ2v) is 12.3. The minimum absolute atomic E-state index is 0.132. The number of benzene rings is 6. The van der Waals surface area contributed by atoms with E-state index in [2.05, 4.69) is 140 Å². The lowest BCUT2D eigenvalue weighted by Crippen LogP contribution is -2.15. The van der Waals surface area contributed by atoms with Crippen molar-refractivity contribution in [3.8, 4) is 39.5 Å². The smallest absolute Gasteiger partial charge is 0.235 e. The summed E-state index contributed by atoms with van der Waals surface area (Å²) in [5, 5.41) is 4.96. The van der Waals surface area contributed by atoms with Gasteiger partial charge in [0, 0.05) is 33.5 Å². The van der Waals surface area contributed by atoms with E-state index in [1.54, 1.807) is 0 Å². The Morgan fingerprint density at radius 3 is 2.07 bits per heavy atom. The Morgan fingerprint density at radius 1 is 0.568 bits per heavy atom. The molecule has 0 amide bonds. The molecule has 0 spiro atoms. The Labute approximate surface area is 256 Å². The number of para-hydroxylation sites is 1. The predicted molar refractivity (Wildman–Crippen MR) is 182 cm³/mol. The van der Waals surface area contributed by atoms with Crippen LogP contribution in [0.4, 0.5) is 0 Å². The van der Waals surface area contributed by atoms with Gasteiger partial charge in [0.2, 0.25) is 5.95 Å².